The highest BCUT2D eigenvalue weighted by molar-refractivity contribution is 9.10. The first-order chi connectivity index (χ1) is 11.7. The largest absolute Gasteiger partial charge is 0.379 e. The summed E-state index contributed by atoms with van der Waals surface area (Å²) in [5, 5.41) is 0. The molecule has 0 aliphatic rings. The Labute approximate surface area is 153 Å². The van der Waals surface area contributed by atoms with E-state index in [0.29, 0.717) is 6.61 Å². The van der Waals surface area contributed by atoms with Gasteiger partial charge in [0.1, 0.15) is 0 Å². The molecule has 1 aromatic carbocycles. The lowest BCUT2D eigenvalue weighted by Gasteiger charge is -2.19. The van der Waals surface area contributed by atoms with Crippen molar-refractivity contribution in [3.05, 3.63) is 35.9 Å². The normalized spacial score (nSPS) is 15.0. The van der Waals surface area contributed by atoms with Crippen LogP contribution < -0.4 is 10.9 Å². The second-order valence-electron chi connectivity index (χ2n) is 5.22. The highest BCUT2D eigenvalue weighted by Gasteiger charge is 2.35. The van der Waals surface area contributed by atoms with Crippen LogP contribution in [-0.4, -0.2) is 42.0 Å². The van der Waals surface area contributed by atoms with Crippen LogP contribution in [0.1, 0.15) is 19.4 Å². The summed E-state index contributed by atoms with van der Waals surface area (Å²) in [4.78, 5) is 15.5. The molecule has 0 aliphatic carbocycles. The first kappa shape index (κ1) is 21.2. The van der Waals surface area contributed by atoms with Crippen LogP contribution in [0.2, 0.25) is 0 Å². The number of amides is 1. The fourth-order valence-electron chi connectivity index (χ4n) is 1.68. The molecule has 2 atom stereocenters. The van der Waals surface area contributed by atoms with Crippen LogP contribution in [0.4, 0.5) is 8.78 Å². The Morgan fingerprint density at radius 1 is 1.32 bits per heavy atom. The molecule has 6 nitrogen and oxygen atoms in total. The Kier molecular flexibility index (Phi) is 8.64. The molecular weight excluding hydrogens is 398 g/mol. The van der Waals surface area contributed by atoms with Crippen LogP contribution in [0.25, 0.3) is 0 Å². The molecule has 1 aromatic rings. The number of carbonyl (C=O) groups is 1. The predicted molar refractivity (Wildman–Crippen MR) is 97.2 cm³/mol. The maximum Gasteiger partial charge on any atom is 0.379 e. The van der Waals surface area contributed by atoms with Gasteiger partial charge >= 0.3 is 10.7 Å². The van der Waals surface area contributed by atoms with Crippen molar-refractivity contribution in [2.24, 2.45) is 9.98 Å². The van der Waals surface area contributed by atoms with Gasteiger partial charge in [0.2, 0.25) is 0 Å². The number of ether oxygens (including phenoxy) is 1. The average molecular weight is 419 g/mol. The van der Waals surface area contributed by atoms with Crippen LogP contribution >= 0.6 is 15.9 Å². The molecule has 0 bridgehead atoms. The third-order valence-corrected chi connectivity index (χ3v) is 3.55. The number of halogens is 3. The number of alkyl halides is 3. The van der Waals surface area contributed by atoms with E-state index in [2.05, 4.69) is 15.4 Å². The second kappa shape index (κ2) is 10.2. The minimum Gasteiger partial charge on any atom is -0.372 e. The third kappa shape index (κ3) is 8.17. The molecule has 0 radical (unpaired) electrons. The van der Waals surface area contributed by atoms with Gasteiger partial charge in [-0.15, -0.1) is 0 Å². The molecule has 0 saturated heterocycles. The molecule has 1 amide bonds. The van der Waals surface area contributed by atoms with Crippen molar-refractivity contribution in [3.8, 4) is 0 Å². The van der Waals surface area contributed by atoms with Gasteiger partial charge in [0.25, 0.3) is 0 Å². The lowest BCUT2D eigenvalue weighted by molar-refractivity contribution is -0.134. The quantitative estimate of drug-likeness (QED) is 0.309. The molecule has 0 fully saturated rings. The number of hydrazine groups is 1. The molecule has 9 heteroatoms. The number of hydrogen-bond donors (Lipinski definition) is 2. The summed E-state index contributed by atoms with van der Waals surface area (Å²) in [6, 6.07) is 9.37. The lowest BCUT2D eigenvalue weighted by atomic mass is 10.2. The van der Waals surface area contributed by atoms with Crippen LogP contribution in [-0.2, 0) is 16.1 Å². The van der Waals surface area contributed by atoms with Gasteiger partial charge in [-0.3, -0.25) is 25.6 Å². The fraction of sp³-hybridized carbons (Fsp3) is 0.438. The molecular formula is C16H21BrF2N4O2. The topological polar surface area (TPSA) is 75.1 Å². The summed E-state index contributed by atoms with van der Waals surface area (Å²) in [5.74, 6) is -1.40. The van der Waals surface area contributed by atoms with Crippen molar-refractivity contribution in [1.29, 1.82) is 0 Å². The predicted octanol–water partition coefficient (Wildman–Crippen LogP) is 2.69. The van der Waals surface area contributed by atoms with E-state index in [1.165, 1.54) is 13.3 Å². The summed E-state index contributed by atoms with van der Waals surface area (Å²) in [7, 11) is 1.50. The molecule has 0 saturated carbocycles. The van der Waals surface area contributed by atoms with E-state index in [-0.39, 0.29) is 18.0 Å². The van der Waals surface area contributed by atoms with Crippen molar-refractivity contribution >= 4 is 33.9 Å². The average Bonchev–Trinajstić information content (AvgIpc) is 2.57. The molecule has 0 spiro atoms. The maximum atomic E-state index is 12.8. The van der Waals surface area contributed by atoms with E-state index < -0.39 is 10.7 Å². The number of carbonyl (C=O) groups excluding carboxylic acids is 1. The van der Waals surface area contributed by atoms with Crippen molar-refractivity contribution < 1.29 is 18.3 Å². The summed E-state index contributed by atoms with van der Waals surface area (Å²) < 4.78 is 31.3. The van der Waals surface area contributed by atoms with Gasteiger partial charge in [-0.2, -0.15) is 8.78 Å². The van der Waals surface area contributed by atoms with Crippen LogP contribution in [0, 0.1) is 0 Å². The minimum atomic E-state index is -3.67. The fourth-order valence-corrected chi connectivity index (χ4v) is 1.78. The number of amidine groups is 1. The monoisotopic (exact) mass is 418 g/mol. The molecule has 1 unspecified atom stereocenters. The standard InChI is InChI=1S/C16H21BrF2N4O2/c1-11(12(2)25-10-13-7-5-4-6-8-13)21-14(9-20-3)22-23-15(24)16(17,18)19/h4-9,11-12H,10H2,1-3H3,(H,21,22)(H,23,24)/b20-9-/t11-,12?/m0/s1. The zero-order valence-electron chi connectivity index (χ0n) is 14.2. The van der Waals surface area contributed by atoms with Crippen molar-refractivity contribution in [3.63, 3.8) is 0 Å². The Balaban J connectivity index is 2.62. The van der Waals surface area contributed by atoms with Crippen LogP contribution in [0.5, 0.6) is 0 Å². The molecule has 0 aromatic heterocycles. The van der Waals surface area contributed by atoms with Crippen molar-refractivity contribution in [2.75, 3.05) is 7.05 Å². The highest BCUT2D eigenvalue weighted by atomic mass is 79.9. The van der Waals surface area contributed by atoms with Gasteiger partial charge in [0.15, 0.2) is 5.84 Å². The van der Waals surface area contributed by atoms with E-state index >= 15 is 0 Å². The zero-order valence-corrected chi connectivity index (χ0v) is 15.8. The van der Waals surface area contributed by atoms with E-state index in [0.717, 1.165) is 5.56 Å². The Morgan fingerprint density at radius 3 is 2.52 bits per heavy atom. The number of rotatable bonds is 7. The van der Waals surface area contributed by atoms with Gasteiger partial charge < -0.3 is 4.74 Å². The highest BCUT2D eigenvalue weighted by Crippen LogP contribution is 2.20. The first-order valence-electron chi connectivity index (χ1n) is 7.52. The smallest absolute Gasteiger partial charge is 0.372 e. The van der Waals surface area contributed by atoms with Gasteiger partial charge in [-0.1, -0.05) is 30.3 Å². The second-order valence-corrected chi connectivity index (χ2v) is 6.22. The van der Waals surface area contributed by atoms with E-state index in [1.807, 2.05) is 65.5 Å². The zero-order chi connectivity index (χ0) is 18.9. The number of hydrogen-bond acceptors (Lipinski definition) is 4. The number of benzene rings is 1. The summed E-state index contributed by atoms with van der Waals surface area (Å²) >= 11 is 1.97. The van der Waals surface area contributed by atoms with Crippen molar-refractivity contribution in [2.45, 2.75) is 37.4 Å². The van der Waals surface area contributed by atoms with E-state index in [1.54, 1.807) is 0 Å². The summed E-state index contributed by atoms with van der Waals surface area (Å²) in [6.45, 7) is 4.09. The number of aliphatic imine (C=N–C) groups is 2. The van der Waals surface area contributed by atoms with Gasteiger partial charge in [-0.05, 0) is 19.4 Å². The minimum absolute atomic E-state index is 0.135. The van der Waals surface area contributed by atoms with Crippen LogP contribution in [0.15, 0.2) is 40.3 Å². The molecule has 138 valence electrons. The Hall–Kier alpha value is -1.87. The summed E-state index contributed by atoms with van der Waals surface area (Å²) in [5.41, 5.74) is 5.22. The third-order valence-electron chi connectivity index (χ3n) is 3.19. The van der Waals surface area contributed by atoms with E-state index in [9.17, 15) is 13.6 Å². The molecule has 2 N–H and O–H groups in total. The van der Waals surface area contributed by atoms with E-state index in [4.69, 9.17) is 4.74 Å². The molecule has 0 heterocycles. The first-order valence-corrected chi connectivity index (χ1v) is 8.32. The van der Waals surface area contributed by atoms with Gasteiger partial charge in [-0.25, -0.2) is 0 Å². The number of nitrogens with zero attached hydrogens (tertiary/aromatic N) is 2. The van der Waals surface area contributed by atoms with Crippen molar-refractivity contribution in [1.82, 2.24) is 10.9 Å². The SMILES string of the molecule is C/N=C\C(=N/[C@@H](C)C(C)OCc1ccccc1)NNC(=O)C(F)(F)Br. The molecule has 0 aliphatic heterocycles. The maximum absolute atomic E-state index is 12.8. The summed E-state index contributed by atoms with van der Waals surface area (Å²) in [6.07, 6.45) is 1.07. The molecule has 25 heavy (non-hydrogen) atoms. The Morgan fingerprint density at radius 2 is 1.96 bits per heavy atom. The molecule has 1 rings (SSSR count). The lowest BCUT2D eigenvalue weighted by Crippen LogP contribution is -2.48. The van der Waals surface area contributed by atoms with Gasteiger partial charge in [0, 0.05) is 23.0 Å². The van der Waals surface area contributed by atoms with Crippen LogP contribution in [0.3, 0.4) is 0 Å². The van der Waals surface area contributed by atoms with Gasteiger partial charge in [0.05, 0.1) is 25.0 Å². The Bertz CT molecular complexity index is 606. The number of nitrogens with one attached hydrogen (secondary N) is 2.